The van der Waals surface area contributed by atoms with Crippen LogP contribution in [0.4, 0.5) is 5.69 Å². The lowest BCUT2D eigenvalue weighted by Gasteiger charge is -2.23. The predicted octanol–water partition coefficient (Wildman–Crippen LogP) is 1.86. The molecule has 5 N–H and O–H groups in total. The van der Waals surface area contributed by atoms with Crippen molar-refractivity contribution in [1.82, 2.24) is 10.4 Å². The van der Waals surface area contributed by atoms with Crippen LogP contribution in [0.15, 0.2) is 18.5 Å². The van der Waals surface area contributed by atoms with Crippen LogP contribution >= 0.6 is 0 Å². The summed E-state index contributed by atoms with van der Waals surface area (Å²) in [6.07, 6.45) is 9.62. The maximum absolute atomic E-state index is 5.97. The molecule has 0 spiro atoms. The molecule has 1 heterocycles. The van der Waals surface area contributed by atoms with Gasteiger partial charge in [0, 0.05) is 24.1 Å². The van der Waals surface area contributed by atoms with E-state index in [1.54, 1.807) is 6.20 Å². The first-order valence-corrected chi connectivity index (χ1v) is 6.89. The van der Waals surface area contributed by atoms with Gasteiger partial charge in [0.25, 0.3) is 0 Å². The summed E-state index contributed by atoms with van der Waals surface area (Å²) in [5.74, 6) is 7.26. The Bertz CT molecular complexity index is 380. The third kappa shape index (κ3) is 3.00. The highest BCUT2D eigenvalue weighted by Gasteiger charge is 2.29. The van der Waals surface area contributed by atoms with Gasteiger partial charge in [0.1, 0.15) is 0 Å². The van der Waals surface area contributed by atoms with Crippen LogP contribution in [0.2, 0.25) is 0 Å². The number of nitrogens with zero attached hydrogens (tertiary/aromatic N) is 1. The third-order valence-electron chi connectivity index (χ3n) is 4.32. The van der Waals surface area contributed by atoms with E-state index in [1.807, 2.05) is 12.3 Å². The number of nitrogens with one attached hydrogen (secondary N) is 1. The zero-order valence-corrected chi connectivity index (χ0v) is 11.1. The summed E-state index contributed by atoms with van der Waals surface area (Å²) in [5.41, 5.74) is 10.9. The van der Waals surface area contributed by atoms with Crippen molar-refractivity contribution in [2.45, 2.75) is 45.1 Å². The molecule has 3 unspecified atom stereocenters. The summed E-state index contributed by atoms with van der Waals surface area (Å²) in [5, 5.41) is 0. The zero-order chi connectivity index (χ0) is 13.0. The Morgan fingerprint density at radius 3 is 2.94 bits per heavy atom. The average molecular weight is 248 g/mol. The lowest BCUT2D eigenvalue weighted by atomic mass is 9.91. The molecule has 1 fully saturated rings. The van der Waals surface area contributed by atoms with E-state index in [4.69, 9.17) is 11.6 Å². The minimum absolute atomic E-state index is 0.313. The van der Waals surface area contributed by atoms with Gasteiger partial charge in [-0.05, 0) is 42.7 Å². The number of rotatable bonds is 5. The van der Waals surface area contributed by atoms with Crippen LogP contribution in [0.3, 0.4) is 0 Å². The molecule has 1 aliphatic rings. The van der Waals surface area contributed by atoms with Gasteiger partial charge in [-0.25, -0.2) is 0 Å². The number of nitrogens with two attached hydrogens (primary N) is 2. The van der Waals surface area contributed by atoms with E-state index < -0.39 is 0 Å². The van der Waals surface area contributed by atoms with Gasteiger partial charge in [0.2, 0.25) is 0 Å². The van der Waals surface area contributed by atoms with Crippen molar-refractivity contribution in [3.63, 3.8) is 0 Å². The second-order valence-electron chi connectivity index (χ2n) is 5.40. The number of hydrogen-bond donors (Lipinski definition) is 3. The van der Waals surface area contributed by atoms with E-state index in [1.165, 1.54) is 25.7 Å². The van der Waals surface area contributed by atoms with Crippen molar-refractivity contribution < 1.29 is 0 Å². The van der Waals surface area contributed by atoms with E-state index in [9.17, 15) is 0 Å². The highest BCUT2D eigenvalue weighted by molar-refractivity contribution is 5.44. The van der Waals surface area contributed by atoms with Gasteiger partial charge in [0.05, 0.1) is 0 Å². The molecule has 100 valence electrons. The molecule has 18 heavy (non-hydrogen) atoms. The molecule has 0 radical (unpaired) electrons. The Morgan fingerprint density at radius 2 is 2.33 bits per heavy atom. The number of anilines is 1. The molecule has 1 aromatic rings. The lowest BCUT2D eigenvalue weighted by molar-refractivity contribution is 0.348. The number of nitrogen functional groups attached to an aromatic ring is 1. The van der Waals surface area contributed by atoms with Crippen molar-refractivity contribution in [3.05, 3.63) is 24.0 Å². The molecule has 2 rings (SSSR count). The maximum Gasteiger partial charge on any atom is 0.0378 e. The standard InChI is InChI=1S/C14H24N4/c1-2-10-3-4-11(7-10)14(18-16)8-12-9-17-6-5-13(12)15/h5-6,9-11,14,18H,2-4,7-8,16H2,1H3,(H2,15,17). The van der Waals surface area contributed by atoms with Gasteiger partial charge in [-0.1, -0.05) is 19.8 Å². The molecule has 4 nitrogen and oxygen atoms in total. The van der Waals surface area contributed by atoms with E-state index >= 15 is 0 Å². The predicted molar refractivity (Wildman–Crippen MR) is 74.6 cm³/mol. The van der Waals surface area contributed by atoms with Crippen LogP contribution in [0.1, 0.15) is 38.2 Å². The third-order valence-corrected chi connectivity index (χ3v) is 4.32. The highest BCUT2D eigenvalue weighted by atomic mass is 15.2. The van der Waals surface area contributed by atoms with E-state index in [0.29, 0.717) is 12.0 Å². The Balaban J connectivity index is 2.00. The summed E-state index contributed by atoms with van der Waals surface area (Å²) < 4.78 is 0. The van der Waals surface area contributed by atoms with Gasteiger partial charge in [-0.3, -0.25) is 16.3 Å². The smallest absolute Gasteiger partial charge is 0.0378 e. The second kappa shape index (κ2) is 6.16. The minimum Gasteiger partial charge on any atom is -0.398 e. The van der Waals surface area contributed by atoms with Crippen molar-refractivity contribution in [1.29, 1.82) is 0 Å². The maximum atomic E-state index is 5.97. The number of aromatic nitrogens is 1. The van der Waals surface area contributed by atoms with Gasteiger partial charge >= 0.3 is 0 Å². The molecule has 0 saturated heterocycles. The fourth-order valence-corrected chi connectivity index (χ4v) is 3.06. The van der Waals surface area contributed by atoms with Crippen LogP contribution < -0.4 is 17.0 Å². The van der Waals surface area contributed by atoms with Crippen LogP contribution in [-0.2, 0) is 6.42 Å². The second-order valence-corrected chi connectivity index (χ2v) is 5.40. The van der Waals surface area contributed by atoms with Crippen molar-refractivity contribution in [2.24, 2.45) is 17.7 Å². The summed E-state index contributed by atoms with van der Waals surface area (Å²) >= 11 is 0. The Morgan fingerprint density at radius 1 is 1.50 bits per heavy atom. The first-order valence-electron chi connectivity index (χ1n) is 6.89. The van der Waals surface area contributed by atoms with Crippen LogP contribution in [-0.4, -0.2) is 11.0 Å². The molecule has 1 aromatic heterocycles. The Hall–Kier alpha value is -1.13. The van der Waals surface area contributed by atoms with Crippen LogP contribution in [0.25, 0.3) is 0 Å². The van der Waals surface area contributed by atoms with Crippen molar-refractivity contribution in [3.8, 4) is 0 Å². The van der Waals surface area contributed by atoms with Crippen molar-refractivity contribution in [2.75, 3.05) is 5.73 Å². The summed E-state index contributed by atoms with van der Waals surface area (Å²) in [6.45, 7) is 2.27. The van der Waals surface area contributed by atoms with Crippen LogP contribution in [0.5, 0.6) is 0 Å². The van der Waals surface area contributed by atoms with Gasteiger partial charge in [0.15, 0.2) is 0 Å². The molecule has 4 heteroatoms. The summed E-state index contributed by atoms with van der Waals surface area (Å²) in [7, 11) is 0. The first kappa shape index (κ1) is 13.3. The molecule has 0 aromatic carbocycles. The zero-order valence-electron chi connectivity index (χ0n) is 11.1. The Kier molecular flexibility index (Phi) is 4.55. The number of pyridine rings is 1. The topological polar surface area (TPSA) is 77.0 Å². The molecule has 3 atom stereocenters. The average Bonchev–Trinajstić information content (AvgIpc) is 2.86. The largest absolute Gasteiger partial charge is 0.398 e. The van der Waals surface area contributed by atoms with E-state index in [0.717, 1.165) is 23.6 Å². The monoisotopic (exact) mass is 248 g/mol. The molecule has 1 aliphatic carbocycles. The van der Waals surface area contributed by atoms with E-state index in [-0.39, 0.29) is 0 Å². The molecule has 0 bridgehead atoms. The molecule has 0 aliphatic heterocycles. The summed E-state index contributed by atoms with van der Waals surface area (Å²) in [4.78, 5) is 4.14. The van der Waals surface area contributed by atoms with Gasteiger partial charge in [-0.15, -0.1) is 0 Å². The number of hydrazine groups is 1. The van der Waals surface area contributed by atoms with Crippen LogP contribution in [0, 0.1) is 11.8 Å². The van der Waals surface area contributed by atoms with Gasteiger partial charge in [-0.2, -0.15) is 0 Å². The first-order chi connectivity index (χ1) is 8.74. The fraction of sp³-hybridized carbons (Fsp3) is 0.643. The quantitative estimate of drug-likeness (QED) is 0.549. The fourth-order valence-electron chi connectivity index (χ4n) is 3.06. The molecule has 0 amide bonds. The Labute approximate surface area is 109 Å². The summed E-state index contributed by atoms with van der Waals surface area (Å²) in [6, 6.07) is 2.17. The molecule has 1 saturated carbocycles. The molecular formula is C14H24N4. The molecular weight excluding hydrogens is 224 g/mol. The highest BCUT2D eigenvalue weighted by Crippen LogP contribution is 2.35. The van der Waals surface area contributed by atoms with Gasteiger partial charge < -0.3 is 5.73 Å². The lowest BCUT2D eigenvalue weighted by Crippen LogP contribution is -2.42. The number of hydrogen-bond acceptors (Lipinski definition) is 4. The van der Waals surface area contributed by atoms with E-state index in [2.05, 4.69) is 17.3 Å². The SMILES string of the molecule is CCC1CCC(C(Cc2cnccc2N)NN)C1. The van der Waals surface area contributed by atoms with Crippen molar-refractivity contribution >= 4 is 5.69 Å². The minimum atomic E-state index is 0.313. The normalized spacial score (nSPS) is 25.2.